The normalized spacial score (nSPS) is 20.2. The highest BCUT2D eigenvalue weighted by atomic mass is 19.1. The van der Waals surface area contributed by atoms with E-state index in [2.05, 4.69) is 17.1 Å². The second kappa shape index (κ2) is 6.14. The number of hydrogen-bond donors (Lipinski definition) is 1. The number of halogens is 2. The van der Waals surface area contributed by atoms with Gasteiger partial charge in [0.25, 0.3) is 0 Å². The Hall–Kier alpha value is -1.16. The first-order valence-corrected chi connectivity index (χ1v) is 6.63. The summed E-state index contributed by atoms with van der Waals surface area (Å²) >= 11 is 0. The first-order chi connectivity index (χ1) is 8.69. The van der Waals surface area contributed by atoms with Gasteiger partial charge in [0.2, 0.25) is 0 Å². The summed E-state index contributed by atoms with van der Waals surface area (Å²) in [6.07, 6.45) is 3.29. The van der Waals surface area contributed by atoms with Gasteiger partial charge in [0.15, 0.2) is 0 Å². The lowest BCUT2D eigenvalue weighted by molar-refractivity contribution is 0.422. The van der Waals surface area contributed by atoms with Crippen LogP contribution in [0.2, 0.25) is 0 Å². The van der Waals surface area contributed by atoms with Crippen molar-refractivity contribution in [1.82, 2.24) is 5.32 Å². The third kappa shape index (κ3) is 3.42. The second-order valence-electron chi connectivity index (χ2n) is 4.87. The van der Waals surface area contributed by atoms with Gasteiger partial charge in [0.05, 0.1) is 0 Å². The van der Waals surface area contributed by atoms with Crippen LogP contribution in [0.25, 0.3) is 0 Å². The fourth-order valence-corrected chi connectivity index (χ4v) is 2.45. The molecule has 0 bridgehead atoms. The molecule has 0 aliphatic carbocycles. The van der Waals surface area contributed by atoms with E-state index in [4.69, 9.17) is 0 Å². The molecule has 0 radical (unpaired) electrons. The third-order valence-corrected chi connectivity index (χ3v) is 3.32. The molecule has 2 nitrogen and oxygen atoms in total. The van der Waals surface area contributed by atoms with Gasteiger partial charge in [-0.05, 0) is 37.9 Å². The van der Waals surface area contributed by atoms with Crippen molar-refractivity contribution in [2.75, 3.05) is 24.5 Å². The predicted molar refractivity (Wildman–Crippen MR) is 69.9 cm³/mol. The minimum Gasteiger partial charge on any atom is -0.370 e. The lowest BCUT2D eigenvalue weighted by Crippen LogP contribution is -2.46. The molecule has 2 rings (SSSR count). The van der Waals surface area contributed by atoms with Crippen LogP contribution in [0.15, 0.2) is 18.2 Å². The molecule has 1 fully saturated rings. The summed E-state index contributed by atoms with van der Waals surface area (Å²) in [7, 11) is 0. The molecule has 0 aromatic heterocycles. The molecule has 1 atom stereocenters. The summed E-state index contributed by atoms with van der Waals surface area (Å²) < 4.78 is 26.4. The molecule has 1 aromatic carbocycles. The number of nitrogens with zero attached hydrogens (tertiary/aromatic N) is 1. The van der Waals surface area contributed by atoms with Gasteiger partial charge in [-0.25, -0.2) is 8.78 Å². The van der Waals surface area contributed by atoms with E-state index < -0.39 is 11.6 Å². The maximum absolute atomic E-state index is 13.2. The van der Waals surface area contributed by atoms with E-state index in [-0.39, 0.29) is 0 Å². The predicted octanol–water partition coefficient (Wildman–Crippen LogP) is 2.93. The van der Waals surface area contributed by atoms with Crippen LogP contribution < -0.4 is 10.2 Å². The lowest BCUT2D eigenvalue weighted by atomic mass is 10.0. The van der Waals surface area contributed by atoms with E-state index >= 15 is 0 Å². The van der Waals surface area contributed by atoms with Gasteiger partial charge in [-0.3, -0.25) is 0 Å². The largest absolute Gasteiger partial charge is 0.370 e. The number of nitrogens with one attached hydrogen (secondary N) is 1. The van der Waals surface area contributed by atoms with Gasteiger partial charge >= 0.3 is 0 Å². The van der Waals surface area contributed by atoms with Gasteiger partial charge in [-0.1, -0.05) is 6.92 Å². The van der Waals surface area contributed by atoms with E-state index in [1.165, 1.54) is 12.1 Å². The zero-order chi connectivity index (χ0) is 13.0. The molecule has 1 unspecified atom stereocenters. The summed E-state index contributed by atoms with van der Waals surface area (Å²) in [5.74, 6) is -1.01. The van der Waals surface area contributed by atoms with Crippen LogP contribution in [0, 0.1) is 11.6 Å². The van der Waals surface area contributed by atoms with E-state index in [0.29, 0.717) is 11.7 Å². The average Bonchev–Trinajstić information content (AvgIpc) is 2.35. The molecular formula is C14H20F2N2. The van der Waals surface area contributed by atoms with E-state index in [1.54, 1.807) is 0 Å². The van der Waals surface area contributed by atoms with Gasteiger partial charge in [-0.15, -0.1) is 0 Å². The number of anilines is 1. The maximum Gasteiger partial charge on any atom is 0.128 e. The molecule has 1 N–H and O–H groups in total. The first kappa shape index (κ1) is 13.3. The Bertz CT molecular complexity index is 375. The Balaban J connectivity index is 2.03. The van der Waals surface area contributed by atoms with E-state index in [1.807, 2.05) is 0 Å². The number of piperidine rings is 1. The van der Waals surface area contributed by atoms with Crippen LogP contribution in [0.1, 0.15) is 26.2 Å². The SMILES string of the molecule is CCCNC1CCCN(c2cc(F)cc(F)c2)C1. The van der Waals surface area contributed by atoms with Crippen LogP contribution in [-0.4, -0.2) is 25.7 Å². The van der Waals surface area contributed by atoms with Crippen molar-refractivity contribution in [2.24, 2.45) is 0 Å². The Morgan fingerprint density at radius 2 is 2.00 bits per heavy atom. The summed E-state index contributed by atoms with van der Waals surface area (Å²) in [6, 6.07) is 4.15. The highest BCUT2D eigenvalue weighted by Gasteiger charge is 2.20. The van der Waals surface area contributed by atoms with Crippen molar-refractivity contribution in [3.05, 3.63) is 29.8 Å². The Morgan fingerprint density at radius 3 is 2.67 bits per heavy atom. The fourth-order valence-electron chi connectivity index (χ4n) is 2.45. The quantitative estimate of drug-likeness (QED) is 0.888. The number of hydrogen-bond acceptors (Lipinski definition) is 2. The summed E-state index contributed by atoms with van der Waals surface area (Å²) in [4.78, 5) is 2.06. The molecule has 1 aliphatic rings. The summed E-state index contributed by atoms with van der Waals surface area (Å²) in [6.45, 7) is 4.82. The van der Waals surface area contributed by atoms with Crippen LogP contribution in [0.5, 0.6) is 0 Å². The van der Waals surface area contributed by atoms with Crippen LogP contribution in [0.4, 0.5) is 14.5 Å². The number of rotatable bonds is 4. The lowest BCUT2D eigenvalue weighted by Gasteiger charge is -2.35. The van der Waals surface area contributed by atoms with Crippen LogP contribution in [-0.2, 0) is 0 Å². The molecule has 1 saturated heterocycles. The van der Waals surface area contributed by atoms with Crippen LogP contribution in [0.3, 0.4) is 0 Å². The Kier molecular flexibility index (Phi) is 4.53. The molecule has 100 valence electrons. The Labute approximate surface area is 107 Å². The zero-order valence-electron chi connectivity index (χ0n) is 10.8. The van der Waals surface area contributed by atoms with Crippen LogP contribution >= 0.6 is 0 Å². The highest BCUT2D eigenvalue weighted by Crippen LogP contribution is 2.22. The van der Waals surface area contributed by atoms with Crippen molar-refractivity contribution in [2.45, 2.75) is 32.2 Å². The molecule has 0 amide bonds. The molecule has 4 heteroatoms. The van der Waals surface area contributed by atoms with Gasteiger partial charge in [0.1, 0.15) is 11.6 Å². The molecule has 1 aliphatic heterocycles. The molecule has 0 saturated carbocycles. The molecular weight excluding hydrogens is 234 g/mol. The monoisotopic (exact) mass is 254 g/mol. The highest BCUT2D eigenvalue weighted by molar-refractivity contribution is 5.47. The molecule has 0 spiro atoms. The van der Waals surface area contributed by atoms with E-state index in [9.17, 15) is 8.78 Å². The second-order valence-corrected chi connectivity index (χ2v) is 4.87. The maximum atomic E-state index is 13.2. The minimum atomic E-state index is -0.506. The van der Waals surface area contributed by atoms with Gasteiger partial charge < -0.3 is 10.2 Å². The third-order valence-electron chi connectivity index (χ3n) is 3.32. The average molecular weight is 254 g/mol. The van der Waals surface area contributed by atoms with Crippen molar-refractivity contribution in [1.29, 1.82) is 0 Å². The summed E-state index contributed by atoms with van der Waals surface area (Å²) in [5, 5.41) is 3.47. The smallest absolute Gasteiger partial charge is 0.128 e. The van der Waals surface area contributed by atoms with Gasteiger partial charge in [-0.2, -0.15) is 0 Å². The standard InChI is InChI=1S/C14H20F2N2/c1-2-5-17-13-4-3-6-18(10-13)14-8-11(15)7-12(16)9-14/h7-9,13,17H,2-6,10H2,1H3. The van der Waals surface area contributed by atoms with E-state index in [0.717, 1.165) is 45.0 Å². The van der Waals surface area contributed by atoms with Gasteiger partial charge in [0, 0.05) is 30.9 Å². The molecule has 18 heavy (non-hydrogen) atoms. The minimum absolute atomic E-state index is 0.421. The topological polar surface area (TPSA) is 15.3 Å². The van der Waals surface area contributed by atoms with Crippen molar-refractivity contribution < 1.29 is 8.78 Å². The molecule has 1 heterocycles. The van der Waals surface area contributed by atoms with Crippen molar-refractivity contribution in [3.8, 4) is 0 Å². The van der Waals surface area contributed by atoms with Crippen molar-refractivity contribution >= 4 is 5.69 Å². The fraction of sp³-hybridized carbons (Fsp3) is 0.571. The molecule has 1 aromatic rings. The summed E-state index contributed by atoms with van der Waals surface area (Å²) in [5.41, 5.74) is 0.649. The zero-order valence-corrected chi connectivity index (χ0v) is 10.8. The first-order valence-electron chi connectivity index (χ1n) is 6.63. The number of benzene rings is 1. The van der Waals surface area contributed by atoms with Crippen molar-refractivity contribution in [3.63, 3.8) is 0 Å². The Morgan fingerprint density at radius 1 is 1.28 bits per heavy atom.